The topological polar surface area (TPSA) is 12.9 Å². The first kappa shape index (κ1) is 9.30. The molecule has 0 aliphatic rings. The van der Waals surface area contributed by atoms with Gasteiger partial charge in [-0.05, 0) is 32.8 Å². The Bertz CT molecular complexity index is 305. The highest BCUT2D eigenvalue weighted by atomic mass is 14.7. The van der Waals surface area contributed by atoms with Crippen molar-refractivity contribution in [2.75, 3.05) is 0 Å². The van der Waals surface area contributed by atoms with Crippen LogP contribution in [0.4, 0.5) is 0 Å². The van der Waals surface area contributed by atoms with E-state index in [9.17, 15) is 0 Å². The summed E-state index contributed by atoms with van der Waals surface area (Å²) < 4.78 is 0. The summed E-state index contributed by atoms with van der Waals surface area (Å²) in [7, 11) is 5.86. The molecule has 12 heavy (non-hydrogen) atoms. The summed E-state index contributed by atoms with van der Waals surface area (Å²) in [5.41, 5.74) is 5.39. The SMILES string of the molecule is [B]c1c(C)nc(C)c(CC)c1C. The van der Waals surface area contributed by atoms with E-state index < -0.39 is 0 Å². The number of aromatic nitrogens is 1. The van der Waals surface area contributed by atoms with E-state index >= 15 is 0 Å². The monoisotopic (exact) mass is 159 g/mol. The summed E-state index contributed by atoms with van der Waals surface area (Å²) in [5.74, 6) is 0. The quantitative estimate of drug-likeness (QED) is 0.564. The third-order valence-electron chi connectivity index (χ3n) is 2.37. The highest BCUT2D eigenvalue weighted by Crippen LogP contribution is 2.10. The molecule has 0 atom stereocenters. The fourth-order valence-electron chi connectivity index (χ4n) is 1.61. The molecular weight excluding hydrogens is 145 g/mol. The van der Waals surface area contributed by atoms with Gasteiger partial charge in [0, 0.05) is 11.4 Å². The summed E-state index contributed by atoms with van der Waals surface area (Å²) in [6.45, 7) is 8.19. The lowest BCUT2D eigenvalue weighted by Gasteiger charge is -2.12. The molecule has 1 nitrogen and oxygen atoms in total. The van der Waals surface area contributed by atoms with Gasteiger partial charge in [0.25, 0.3) is 0 Å². The van der Waals surface area contributed by atoms with Crippen LogP contribution in [0.15, 0.2) is 0 Å². The molecule has 2 radical (unpaired) electrons. The number of hydrogen-bond acceptors (Lipinski definition) is 1. The van der Waals surface area contributed by atoms with E-state index in [1.54, 1.807) is 0 Å². The highest BCUT2D eigenvalue weighted by Gasteiger charge is 2.06. The Morgan fingerprint density at radius 3 is 2.25 bits per heavy atom. The van der Waals surface area contributed by atoms with Gasteiger partial charge in [-0.15, -0.1) is 0 Å². The van der Waals surface area contributed by atoms with Crippen molar-refractivity contribution in [3.8, 4) is 0 Å². The molecule has 2 heteroatoms. The molecule has 0 fully saturated rings. The number of pyridine rings is 1. The Hall–Kier alpha value is -0.785. The molecule has 0 spiro atoms. The summed E-state index contributed by atoms with van der Waals surface area (Å²) in [6, 6.07) is 0. The summed E-state index contributed by atoms with van der Waals surface area (Å²) in [5, 5.41) is 0. The molecule has 0 aromatic carbocycles. The van der Waals surface area contributed by atoms with Crippen LogP contribution in [-0.2, 0) is 6.42 Å². The van der Waals surface area contributed by atoms with E-state index in [4.69, 9.17) is 7.85 Å². The zero-order chi connectivity index (χ0) is 9.30. The Morgan fingerprint density at radius 2 is 1.75 bits per heavy atom. The Labute approximate surface area is 75.6 Å². The lowest BCUT2D eigenvalue weighted by Crippen LogP contribution is -2.17. The van der Waals surface area contributed by atoms with Gasteiger partial charge in [-0.1, -0.05) is 17.9 Å². The van der Waals surface area contributed by atoms with Crippen LogP contribution in [0, 0.1) is 20.8 Å². The van der Waals surface area contributed by atoms with Crippen molar-refractivity contribution in [1.29, 1.82) is 0 Å². The fourth-order valence-corrected chi connectivity index (χ4v) is 1.61. The fraction of sp³-hybridized carbons (Fsp3) is 0.500. The van der Waals surface area contributed by atoms with Crippen LogP contribution in [0.2, 0.25) is 0 Å². The van der Waals surface area contributed by atoms with E-state index in [2.05, 4.69) is 18.8 Å². The number of rotatable bonds is 1. The van der Waals surface area contributed by atoms with Crippen LogP contribution in [-0.4, -0.2) is 12.8 Å². The standard InChI is InChI=1S/C10H14BN/c1-5-9-6(2)10(11)8(4)12-7(9)3/h5H2,1-4H3. The Kier molecular flexibility index (Phi) is 2.56. The van der Waals surface area contributed by atoms with E-state index in [0.717, 1.165) is 23.3 Å². The molecule has 0 saturated carbocycles. The first-order valence-electron chi connectivity index (χ1n) is 4.30. The molecule has 0 N–H and O–H groups in total. The molecule has 0 saturated heterocycles. The first-order valence-corrected chi connectivity index (χ1v) is 4.30. The van der Waals surface area contributed by atoms with E-state index in [1.165, 1.54) is 11.1 Å². The van der Waals surface area contributed by atoms with Gasteiger partial charge in [0.15, 0.2) is 0 Å². The highest BCUT2D eigenvalue weighted by molar-refractivity contribution is 6.34. The predicted octanol–water partition coefficient (Wildman–Crippen LogP) is 1.36. The zero-order valence-corrected chi connectivity index (χ0v) is 8.23. The van der Waals surface area contributed by atoms with Gasteiger partial charge in [-0.3, -0.25) is 4.98 Å². The number of aryl methyl sites for hydroxylation is 2. The predicted molar refractivity (Wildman–Crippen MR) is 53.2 cm³/mol. The second kappa shape index (κ2) is 3.30. The average Bonchev–Trinajstić information content (AvgIpc) is 2.01. The maximum absolute atomic E-state index is 5.86. The average molecular weight is 159 g/mol. The number of hydrogen-bond donors (Lipinski definition) is 0. The summed E-state index contributed by atoms with van der Waals surface area (Å²) >= 11 is 0. The van der Waals surface area contributed by atoms with Crippen LogP contribution in [0.3, 0.4) is 0 Å². The summed E-state index contributed by atoms with van der Waals surface area (Å²) in [6.07, 6.45) is 1.01. The maximum Gasteiger partial charge on any atom is 0.116 e. The third-order valence-corrected chi connectivity index (χ3v) is 2.37. The smallest absolute Gasteiger partial charge is 0.116 e. The molecule has 0 aliphatic carbocycles. The zero-order valence-electron chi connectivity index (χ0n) is 8.23. The molecule has 0 bridgehead atoms. The van der Waals surface area contributed by atoms with Gasteiger partial charge in [0.1, 0.15) is 7.85 Å². The third kappa shape index (κ3) is 1.38. The molecule has 0 unspecified atom stereocenters. The molecule has 1 heterocycles. The molecule has 0 aliphatic heterocycles. The second-order valence-corrected chi connectivity index (χ2v) is 3.15. The minimum Gasteiger partial charge on any atom is -0.259 e. The normalized spacial score (nSPS) is 10.3. The van der Waals surface area contributed by atoms with Crippen molar-refractivity contribution in [2.45, 2.75) is 34.1 Å². The lowest BCUT2D eigenvalue weighted by molar-refractivity contribution is 1.01. The van der Waals surface area contributed by atoms with Crippen molar-refractivity contribution >= 4 is 13.3 Å². The van der Waals surface area contributed by atoms with Gasteiger partial charge < -0.3 is 0 Å². The van der Waals surface area contributed by atoms with Crippen molar-refractivity contribution in [2.24, 2.45) is 0 Å². The minimum atomic E-state index is 0.845. The van der Waals surface area contributed by atoms with Crippen molar-refractivity contribution in [3.05, 3.63) is 22.5 Å². The molecular formula is C10H14BN. The van der Waals surface area contributed by atoms with Gasteiger partial charge in [0.2, 0.25) is 0 Å². The molecule has 0 amide bonds. The van der Waals surface area contributed by atoms with Crippen molar-refractivity contribution in [3.63, 3.8) is 0 Å². The van der Waals surface area contributed by atoms with Crippen LogP contribution >= 0.6 is 0 Å². The van der Waals surface area contributed by atoms with Gasteiger partial charge in [0.05, 0.1) is 0 Å². The molecule has 1 aromatic heterocycles. The van der Waals surface area contributed by atoms with E-state index in [0.29, 0.717) is 0 Å². The van der Waals surface area contributed by atoms with Crippen molar-refractivity contribution < 1.29 is 0 Å². The van der Waals surface area contributed by atoms with Crippen molar-refractivity contribution in [1.82, 2.24) is 4.98 Å². The molecule has 62 valence electrons. The minimum absolute atomic E-state index is 0.845. The van der Waals surface area contributed by atoms with Crippen LogP contribution < -0.4 is 5.46 Å². The lowest BCUT2D eigenvalue weighted by atomic mass is 9.86. The molecule has 1 rings (SSSR count). The van der Waals surface area contributed by atoms with Crippen LogP contribution in [0.25, 0.3) is 0 Å². The molecule has 1 aromatic rings. The largest absolute Gasteiger partial charge is 0.259 e. The maximum atomic E-state index is 5.86. The van der Waals surface area contributed by atoms with Gasteiger partial charge in [-0.2, -0.15) is 0 Å². The number of nitrogens with zero attached hydrogens (tertiary/aromatic N) is 1. The van der Waals surface area contributed by atoms with Crippen LogP contribution in [0.5, 0.6) is 0 Å². The van der Waals surface area contributed by atoms with Gasteiger partial charge in [-0.25, -0.2) is 0 Å². The van der Waals surface area contributed by atoms with E-state index in [-0.39, 0.29) is 0 Å². The van der Waals surface area contributed by atoms with Gasteiger partial charge >= 0.3 is 0 Å². The van der Waals surface area contributed by atoms with Crippen LogP contribution in [0.1, 0.15) is 29.4 Å². The first-order chi connectivity index (χ1) is 5.57. The Morgan fingerprint density at radius 1 is 1.17 bits per heavy atom. The Balaban J connectivity index is 3.40. The summed E-state index contributed by atoms with van der Waals surface area (Å²) in [4.78, 5) is 4.38. The van der Waals surface area contributed by atoms with E-state index in [1.807, 2.05) is 13.8 Å². The second-order valence-electron chi connectivity index (χ2n) is 3.15.